The van der Waals surface area contributed by atoms with Crippen LogP contribution in [-0.4, -0.2) is 57.8 Å². The third kappa shape index (κ3) is 8.35. The number of likely N-dealkylation sites (N-methyl/N-ethyl adjacent to an activating group) is 1. The Bertz CT molecular complexity index is 176. The lowest BCUT2D eigenvalue weighted by Crippen LogP contribution is -2.38. The first-order valence-electron chi connectivity index (χ1n) is 5.23. The third-order valence-electron chi connectivity index (χ3n) is 2.15. The zero-order valence-electron chi connectivity index (χ0n) is 9.95. The van der Waals surface area contributed by atoms with Gasteiger partial charge in [-0.25, -0.2) is 0 Å². The summed E-state index contributed by atoms with van der Waals surface area (Å²) in [5.41, 5.74) is 5.80. The molecule has 0 bridgehead atoms. The fraction of sp³-hybridized carbons (Fsp3) is 0.900. The molecule has 0 rings (SSSR count). The van der Waals surface area contributed by atoms with Crippen molar-refractivity contribution in [1.82, 2.24) is 10.2 Å². The van der Waals surface area contributed by atoms with E-state index in [0.717, 1.165) is 19.5 Å². The number of hydrogen-bond acceptors (Lipinski definition) is 4. The number of nitrogens with one attached hydrogen (secondary N) is 1. The predicted molar refractivity (Wildman–Crippen MR) is 60.6 cm³/mol. The lowest BCUT2D eigenvalue weighted by molar-refractivity contribution is -0.120. The van der Waals surface area contributed by atoms with Crippen LogP contribution in [-0.2, 0) is 9.53 Å². The van der Waals surface area contributed by atoms with E-state index in [9.17, 15) is 4.79 Å². The van der Waals surface area contributed by atoms with E-state index in [1.807, 2.05) is 7.05 Å². The normalized spacial score (nSPS) is 12.9. The maximum Gasteiger partial charge on any atom is 0.219 e. The molecule has 0 aliphatic rings. The maximum atomic E-state index is 10.9. The smallest absolute Gasteiger partial charge is 0.219 e. The molecule has 5 nitrogen and oxygen atoms in total. The minimum absolute atomic E-state index is 0.0417. The molecule has 0 aromatic heterocycles. The van der Waals surface area contributed by atoms with Crippen LogP contribution in [0.1, 0.15) is 12.8 Å². The summed E-state index contributed by atoms with van der Waals surface area (Å²) >= 11 is 0. The standard InChI is InChI=1S/C10H23N3O2/c1-12-10(14)5-4-6-13(2)7-9(11)8-15-3/h9H,4-8,11H2,1-3H3,(H,12,14). The monoisotopic (exact) mass is 217 g/mol. The summed E-state index contributed by atoms with van der Waals surface area (Å²) < 4.78 is 4.95. The van der Waals surface area contributed by atoms with E-state index in [-0.39, 0.29) is 11.9 Å². The van der Waals surface area contributed by atoms with Crippen molar-refractivity contribution in [3.8, 4) is 0 Å². The first-order chi connectivity index (χ1) is 7.10. The van der Waals surface area contributed by atoms with E-state index in [1.165, 1.54) is 0 Å². The third-order valence-corrected chi connectivity index (χ3v) is 2.15. The van der Waals surface area contributed by atoms with Crippen LogP contribution >= 0.6 is 0 Å². The Morgan fingerprint density at radius 1 is 1.60 bits per heavy atom. The molecule has 0 saturated heterocycles. The number of carbonyl (C=O) groups is 1. The van der Waals surface area contributed by atoms with Crippen LogP contribution < -0.4 is 11.1 Å². The van der Waals surface area contributed by atoms with Crippen molar-refractivity contribution in [3.05, 3.63) is 0 Å². The Balaban J connectivity index is 3.48. The van der Waals surface area contributed by atoms with Crippen molar-refractivity contribution < 1.29 is 9.53 Å². The molecule has 0 saturated carbocycles. The molecule has 5 heteroatoms. The molecular weight excluding hydrogens is 194 g/mol. The highest BCUT2D eigenvalue weighted by Gasteiger charge is 2.06. The van der Waals surface area contributed by atoms with Crippen LogP contribution in [0.15, 0.2) is 0 Å². The van der Waals surface area contributed by atoms with Gasteiger partial charge in [-0.05, 0) is 20.0 Å². The molecule has 90 valence electrons. The van der Waals surface area contributed by atoms with Crippen LogP contribution in [0.4, 0.5) is 0 Å². The zero-order chi connectivity index (χ0) is 11.7. The van der Waals surface area contributed by atoms with Crippen molar-refractivity contribution in [2.24, 2.45) is 5.73 Å². The van der Waals surface area contributed by atoms with Crippen LogP contribution in [0.3, 0.4) is 0 Å². The first kappa shape index (κ1) is 14.3. The fourth-order valence-electron chi connectivity index (χ4n) is 1.39. The summed E-state index contributed by atoms with van der Waals surface area (Å²) in [7, 11) is 5.30. The second kappa shape index (κ2) is 8.64. The molecule has 0 spiro atoms. The van der Waals surface area contributed by atoms with Gasteiger partial charge < -0.3 is 20.7 Å². The van der Waals surface area contributed by atoms with Gasteiger partial charge >= 0.3 is 0 Å². The van der Waals surface area contributed by atoms with Gasteiger partial charge in [0.1, 0.15) is 0 Å². The van der Waals surface area contributed by atoms with Crippen molar-refractivity contribution in [2.75, 3.05) is 40.9 Å². The molecule has 1 unspecified atom stereocenters. The number of hydrogen-bond donors (Lipinski definition) is 2. The van der Waals surface area contributed by atoms with Crippen molar-refractivity contribution in [2.45, 2.75) is 18.9 Å². The van der Waals surface area contributed by atoms with Gasteiger partial charge in [-0.15, -0.1) is 0 Å². The lowest BCUT2D eigenvalue weighted by atomic mass is 10.2. The number of rotatable bonds is 8. The average molecular weight is 217 g/mol. The Morgan fingerprint density at radius 2 is 2.27 bits per heavy atom. The zero-order valence-corrected chi connectivity index (χ0v) is 9.95. The Morgan fingerprint density at radius 3 is 2.80 bits per heavy atom. The molecular formula is C10H23N3O2. The molecule has 0 radical (unpaired) electrons. The molecule has 15 heavy (non-hydrogen) atoms. The van der Waals surface area contributed by atoms with E-state index in [4.69, 9.17) is 10.5 Å². The van der Waals surface area contributed by atoms with Gasteiger partial charge in [-0.3, -0.25) is 4.79 Å². The molecule has 1 amide bonds. The first-order valence-corrected chi connectivity index (χ1v) is 5.23. The molecule has 0 aliphatic carbocycles. The summed E-state index contributed by atoms with van der Waals surface area (Å²) in [5.74, 6) is 0.0876. The quantitative estimate of drug-likeness (QED) is 0.571. The SMILES string of the molecule is CNC(=O)CCCN(C)CC(N)COC. The van der Waals surface area contributed by atoms with E-state index in [2.05, 4.69) is 10.2 Å². The number of amides is 1. The number of nitrogens with two attached hydrogens (primary N) is 1. The Kier molecular flexibility index (Phi) is 8.27. The molecule has 0 aromatic carbocycles. The molecule has 0 fully saturated rings. The second-order valence-electron chi connectivity index (χ2n) is 3.75. The fourth-order valence-corrected chi connectivity index (χ4v) is 1.39. The lowest BCUT2D eigenvalue weighted by Gasteiger charge is -2.20. The van der Waals surface area contributed by atoms with Crippen molar-refractivity contribution >= 4 is 5.91 Å². The average Bonchev–Trinajstić information content (AvgIpc) is 2.17. The van der Waals surface area contributed by atoms with Gasteiger partial charge in [0.25, 0.3) is 0 Å². The number of nitrogens with zero attached hydrogens (tertiary/aromatic N) is 1. The summed E-state index contributed by atoms with van der Waals surface area (Å²) in [4.78, 5) is 13.1. The van der Waals surface area contributed by atoms with E-state index >= 15 is 0 Å². The van der Waals surface area contributed by atoms with Gasteiger partial charge in [0.2, 0.25) is 5.91 Å². The van der Waals surface area contributed by atoms with Gasteiger partial charge in [0.05, 0.1) is 6.61 Å². The van der Waals surface area contributed by atoms with E-state index in [0.29, 0.717) is 13.0 Å². The van der Waals surface area contributed by atoms with E-state index < -0.39 is 0 Å². The van der Waals surface area contributed by atoms with Crippen molar-refractivity contribution in [1.29, 1.82) is 0 Å². The molecule has 1 atom stereocenters. The summed E-state index contributed by atoms with van der Waals surface area (Å²) in [6, 6.07) is 0.0417. The Labute approximate surface area is 91.9 Å². The maximum absolute atomic E-state index is 10.9. The minimum atomic E-state index is 0.0417. The summed E-state index contributed by atoms with van der Waals surface area (Å²) in [6.45, 7) is 2.24. The second-order valence-corrected chi connectivity index (χ2v) is 3.75. The van der Waals surface area contributed by atoms with Crippen LogP contribution in [0.25, 0.3) is 0 Å². The number of ether oxygens (including phenoxy) is 1. The summed E-state index contributed by atoms with van der Waals surface area (Å²) in [5, 5.41) is 2.60. The highest BCUT2D eigenvalue weighted by Crippen LogP contribution is 1.94. The topological polar surface area (TPSA) is 67.6 Å². The number of carbonyl (C=O) groups excluding carboxylic acids is 1. The largest absolute Gasteiger partial charge is 0.383 e. The molecule has 0 aliphatic heterocycles. The van der Waals surface area contributed by atoms with Crippen molar-refractivity contribution in [3.63, 3.8) is 0 Å². The predicted octanol–water partition coefficient (Wildman–Crippen LogP) is -0.582. The highest BCUT2D eigenvalue weighted by molar-refractivity contribution is 5.75. The minimum Gasteiger partial charge on any atom is -0.383 e. The van der Waals surface area contributed by atoms with Gasteiger partial charge in [0, 0.05) is 33.2 Å². The van der Waals surface area contributed by atoms with Crippen LogP contribution in [0, 0.1) is 0 Å². The van der Waals surface area contributed by atoms with E-state index in [1.54, 1.807) is 14.2 Å². The molecule has 3 N–H and O–H groups in total. The van der Waals surface area contributed by atoms with Gasteiger partial charge in [-0.1, -0.05) is 0 Å². The highest BCUT2D eigenvalue weighted by atomic mass is 16.5. The molecule has 0 heterocycles. The summed E-state index contributed by atoms with van der Waals surface area (Å²) in [6.07, 6.45) is 1.43. The number of methoxy groups -OCH3 is 1. The Hall–Kier alpha value is -0.650. The molecule has 0 aromatic rings. The van der Waals surface area contributed by atoms with Gasteiger partial charge in [0.15, 0.2) is 0 Å². The van der Waals surface area contributed by atoms with Gasteiger partial charge in [-0.2, -0.15) is 0 Å². The van der Waals surface area contributed by atoms with Crippen LogP contribution in [0.5, 0.6) is 0 Å². The van der Waals surface area contributed by atoms with Crippen LogP contribution in [0.2, 0.25) is 0 Å².